The number of hydrogen-bond donors (Lipinski definition) is 2. The Hall–Kier alpha value is -3.14. The number of benzene rings is 2. The van der Waals surface area contributed by atoms with Crippen LogP contribution in [0.2, 0.25) is 0 Å². The molecule has 2 rings (SSSR count). The van der Waals surface area contributed by atoms with Gasteiger partial charge in [-0.3, -0.25) is 14.9 Å². The lowest BCUT2D eigenvalue weighted by Gasteiger charge is -2.09. The molecule has 0 atom stereocenters. The third-order valence-corrected chi connectivity index (χ3v) is 4.41. The lowest BCUT2D eigenvalue weighted by molar-refractivity contribution is -0.386. The summed E-state index contributed by atoms with van der Waals surface area (Å²) in [6, 6.07) is 8.13. The molecule has 2 aromatic carbocycles. The quantitative estimate of drug-likeness (QED) is 0.331. The van der Waals surface area contributed by atoms with Gasteiger partial charge in [0.15, 0.2) is 12.4 Å². The van der Waals surface area contributed by atoms with Gasteiger partial charge in [0.25, 0.3) is 5.91 Å². The lowest BCUT2D eigenvalue weighted by Crippen LogP contribution is -2.24. The number of halogens is 1. The molecule has 0 saturated heterocycles. The Bertz CT molecular complexity index is 932. The maximum Gasteiger partial charge on any atom is 0.315 e. The van der Waals surface area contributed by atoms with Crippen LogP contribution in [0.1, 0.15) is 24.5 Å². The zero-order valence-electron chi connectivity index (χ0n) is 15.8. The summed E-state index contributed by atoms with van der Waals surface area (Å²) in [6.45, 7) is 1.83. The zero-order valence-corrected chi connectivity index (χ0v) is 17.4. The molecule has 154 valence electrons. The topological polar surface area (TPSA) is 123 Å². The van der Waals surface area contributed by atoms with E-state index >= 15 is 0 Å². The van der Waals surface area contributed by atoms with Gasteiger partial charge in [-0.05, 0) is 46.1 Å². The molecule has 1 amide bonds. The number of ether oxygens (including phenoxy) is 2. The summed E-state index contributed by atoms with van der Waals surface area (Å²) in [5.41, 5.74) is 3.17. The fraction of sp³-hybridized carbons (Fsp3) is 0.263. The maximum absolute atomic E-state index is 11.9. The van der Waals surface area contributed by atoms with Gasteiger partial charge in [-0.2, -0.15) is 5.10 Å². The first-order valence-electron chi connectivity index (χ1n) is 8.64. The summed E-state index contributed by atoms with van der Waals surface area (Å²) in [6.07, 6.45) is 3.18. The Kier molecular flexibility index (Phi) is 7.96. The van der Waals surface area contributed by atoms with Crippen LogP contribution in [-0.4, -0.2) is 35.9 Å². The molecule has 29 heavy (non-hydrogen) atoms. The molecule has 10 heteroatoms. The third kappa shape index (κ3) is 6.18. The minimum atomic E-state index is -0.745. The van der Waals surface area contributed by atoms with E-state index in [4.69, 9.17) is 9.47 Å². The molecule has 0 fully saturated rings. The molecule has 0 aliphatic rings. The van der Waals surface area contributed by atoms with Crippen molar-refractivity contribution in [2.75, 3.05) is 13.7 Å². The van der Waals surface area contributed by atoms with E-state index in [1.807, 2.05) is 12.1 Å². The van der Waals surface area contributed by atoms with Crippen LogP contribution in [-0.2, 0) is 11.2 Å². The predicted molar refractivity (Wildman–Crippen MR) is 111 cm³/mol. The minimum absolute atomic E-state index is 0.0771. The first-order valence-corrected chi connectivity index (χ1v) is 9.43. The molecule has 0 spiro atoms. The van der Waals surface area contributed by atoms with Crippen LogP contribution in [0.5, 0.6) is 17.2 Å². The predicted octanol–water partition coefficient (Wildman–Crippen LogP) is 3.55. The number of carbonyl (C=O) groups is 1. The second kappa shape index (κ2) is 10.4. The zero-order chi connectivity index (χ0) is 21.4. The summed E-state index contributed by atoms with van der Waals surface area (Å²) in [4.78, 5) is 22.1. The summed E-state index contributed by atoms with van der Waals surface area (Å²) in [5, 5.41) is 24.5. The van der Waals surface area contributed by atoms with Crippen LogP contribution < -0.4 is 14.9 Å². The number of hydrogen-bond acceptors (Lipinski definition) is 7. The van der Waals surface area contributed by atoms with Crippen molar-refractivity contribution >= 4 is 33.7 Å². The van der Waals surface area contributed by atoms with Gasteiger partial charge in [0.1, 0.15) is 5.75 Å². The molecule has 0 aromatic heterocycles. The lowest BCUT2D eigenvalue weighted by atomic mass is 10.1. The first kappa shape index (κ1) is 22.2. The normalized spacial score (nSPS) is 10.7. The average Bonchev–Trinajstić information content (AvgIpc) is 2.68. The standard InChI is InChI=1S/C19H20BrN3O6/c1-3-4-12-5-6-16(14(20)7-12)29-11-18(24)22-21-10-13-8-15(23(26)27)19(25)17(9-13)28-2/h5-10,25H,3-4,11H2,1-2H3,(H,22,24)/b21-10+. The van der Waals surface area contributed by atoms with Crippen molar-refractivity contribution in [1.82, 2.24) is 5.43 Å². The molecule has 0 saturated carbocycles. The number of phenolic OH excluding ortho intramolecular Hbond substituents is 1. The number of carbonyl (C=O) groups excluding carboxylic acids is 1. The largest absolute Gasteiger partial charge is 0.500 e. The smallest absolute Gasteiger partial charge is 0.315 e. The van der Waals surface area contributed by atoms with Gasteiger partial charge in [0, 0.05) is 11.6 Å². The molecule has 0 bridgehead atoms. The van der Waals surface area contributed by atoms with Crippen LogP contribution in [0.3, 0.4) is 0 Å². The van der Waals surface area contributed by atoms with Gasteiger partial charge in [-0.25, -0.2) is 5.43 Å². The highest BCUT2D eigenvalue weighted by atomic mass is 79.9. The van der Waals surface area contributed by atoms with Crippen LogP contribution in [0, 0.1) is 10.1 Å². The molecule has 0 aliphatic carbocycles. The molecule has 0 aliphatic heterocycles. The summed E-state index contributed by atoms with van der Waals surface area (Å²) < 4.78 is 11.1. The highest BCUT2D eigenvalue weighted by Gasteiger charge is 2.19. The number of aryl methyl sites for hydroxylation is 1. The van der Waals surface area contributed by atoms with Crippen LogP contribution >= 0.6 is 15.9 Å². The van der Waals surface area contributed by atoms with Crippen LogP contribution in [0.15, 0.2) is 39.9 Å². The van der Waals surface area contributed by atoms with E-state index in [1.54, 1.807) is 6.07 Å². The molecule has 0 heterocycles. The second-order valence-electron chi connectivity index (χ2n) is 5.94. The van der Waals surface area contributed by atoms with Crippen molar-refractivity contribution in [2.24, 2.45) is 5.10 Å². The number of phenols is 1. The highest BCUT2D eigenvalue weighted by Crippen LogP contribution is 2.36. The molecule has 0 radical (unpaired) electrons. The molecule has 0 unspecified atom stereocenters. The SMILES string of the molecule is CCCc1ccc(OCC(=O)N/N=C/c2cc(OC)c(O)c([N+](=O)[O-])c2)c(Br)c1. The summed E-state index contributed by atoms with van der Waals surface area (Å²) in [7, 11) is 1.27. The van der Waals surface area contributed by atoms with E-state index in [0.717, 1.165) is 23.4 Å². The molecular weight excluding hydrogens is 446 g/mol. The first-order chi connectivity index (χ1) is 13.8. The Morgan fingerprint density at radius 3 is 2.72 bits per heavy atom. The van der Waals surface area contributed by atoms with Gasteiger partial charge in [0.2, 0.25) is 5.75 Å². The van der Waals surface area contributed by atoms with E-state index in [2.05, 4.69) is 33.4 Å². The van der Waals surface area contributed by atoms with E-state index in [0.29, 0.717) is 5.75 Å². The van der Waals surface area contributed by atoms with Crippen molar-refractivity contribution in [3.8, 4) is 17.2 Å². The fourth-order valence-corrected chi connectivity index (χ4v) is 2.98. The maximum atomic E-state index is 11.9. The number of nitro groups is 1. The van der Waals surface area contributed by atoms with Gasteiger partial charge >= 0.3 is 5.69 Å². The van der Waals surface area contributed by atoms with E-state index < -0.39 is 22.3 Å². The Morgan fingerprint density at radius 2 is 2.10 bits per heavy atom. The molecule has 2 N–H and O–H groups in total. The second-order valence-corrected chi connectivity index (χ2v) is 6.80. The monoisotopic (exact) mass is 465 g/mol. The number of aromatic hydroxyl groups is 1. The number of nitrogens with one attached hydrogen (secondary N) is 1. The minimum Gasteiger partial charge on any atom is -0.500 e. The van der Waals surface area contributed by atoms with Crippen LogP contribution in [0.25, 0.3) is 0 Å². The van der Waals surface area contributed by atoms with E-state index in [1.165, 1.54) is 25.0 Å². The van der Waals surface area contributed by atoms with Crippen molar-refractivity contribution < 1.29 is 24.3 Å². The van der Waals surface area contributed by atoms with Crippen molar-refractivity contribution in [1.29, 1.82) is 0 Å². The number of amides is 1. The van der Waals surface area contributed by atoms with Crippen molar-refractivity contribution in [3.63, 3.8) is 0 Å². The third-order valence-electron chi connectivity index (χ3n) is 3.79. The summed E-state index contributed by atoms with van der Waals surface area (Å²) >= 11 is 3.41. The number of rotatable bonds is 9. The van der Waals surface area contributed by atoms with Gasteiger partial charge in [-0.1, -0.05) is 19.4 Å². The van der Waals surface area contributed by atoms with E-state index in [-0.39, 0.29) is 17.9 Å². The molecule has 9 nitrogen and oxygen atoms in total. The number of methoxy groups -OCH3 is 1. The average molecular weight is 466 g/mol. The van der Waals surface area contributed by atoms with Crippen LogP contribution in [0.4, 0.5) is 5.69 Å². The fourth-order valence-electron chi connectivity index (χ4n) is 2.44. The van der Waals surface area contributed by atoms with Gasteiger partial charge in [0.05, 0.1) is 22.7 Å². The number of hydrazone groups is 1. The molecule has 2 aromatic rings. The molecular formula is C19H20BrN3O6. The van der Waals surface area contributed by atoms with Crippen molar-refractivity contribution in [3.05, 3.63) is 56.0 Å². The number of nitro benzene ring substituents is 1. The summed E-state index contributed by atoms with van der Waals surface area (Å²) in [5.74, 6) is -0.636. The highest BCUT2D eigenvalue weighted by molar-refractivity contribution is 9.10. The van der Waals surface area contributed by atoms with E-state index in [9.17, 15) is 20.0 Å². The Morgan fingerprint density at radius 1 is 1.34 bits per heavy atom. The number of nitrogens with zero attached hydrogens (tertiary/aromatic N) is 2. The Balaban J connectivity index is 1.96. The Labute approximate surface area is 175 Å². The van der Waals surface area contributed by atoms with Gasteiger partial charge < -0.3 is 14.6 Å². The van der Waals surface area contributed by atoms with Crippen molar-refractivity contribution in [2.45, 2.75) is 19.8 Å². The van der Waals surface area contributed by atoms with Gasteiger partial charge in [-0.15, -0.1) is 0 Å².